The molecule has 3 rings (SSSR count). The zero-order valence-electron chi connectivity index (χ0n) is 14.0. The third kappa shape index (κ3) is 3.73. The first-order chi connectivity index (χ1) is 12.3. The van der Waals surface area contributed by atoms with E-state index in [1.165, 1.54) is 18.2 Å². The molecule has 0 bridgehead atoms. The molecule has 0 radical (unpaired) electrons. The van der Waals surface area contributed by atoms with Crippen LogP contribution in [0.3, 0.4) is 0 Å². The number of hydrogen-bond acceptors (Lipinski definition) is 6. The minimum atomic E-state index is -3.96. The summed E-state index contributed by atoms with van der Waals surface area (Å²) in [6, 6.07) is 10.8. The van der Waals surface area contributed by atoms with E-state index in [9.17, 15) is 18.5 Å². The van der Waals surface area contributed by atoms with Gasteiger partial charge in [0.25, 0.3) is 15.7 Å². The van der Waals surface area contributed by atoms with Crippen molar-refractivity contribution < 1.29 is 13.3 Å². The van der Waals surface area contributed by atoms with E-state index in [1.54, 1.807) is 5.38 Å². The predicted octanol–water partition coefficient (Wildman–Crippen LogP) is 4.14. The maximum atomic E-state index is 12.5. The molecule has 0 saturated carbocycles. The number of nitrogens with zero attached hydrogens (tertiary/aromatic N) is 2. The molecule has 26 heavy (non-hydrogen) atoms. The third-order valence-corrected chi connectivity index (χ3v) is 6.09. The number of nitro groups is 1. The van der Waals surface area contributed by atoms with Gasteiger partial charge in [0.2, 0.25) is 0 Å². The van der Waals surface area contributed by atoms with Crippen LogP contribution < -0.4 is 4.72 Å². The highest BCUT2D eigenvalue weighted by atomic mass is 32.2. The SMILES string of the molecule is Cc1ccc(-c2csc(NS(=O)(=O)c3cccc([N+](=O)[O-])c3)n2)cc1C. The lowest BCUT2D eigenvalue weighted by atomic mass is 10.1. The van der Waals surface area contributed by atoms with Crippen LogP contribution in [0.25, 0.3) is 11.3 Å². The van der Waals surface area contributed by atoms with Crippen LogP contribution >= 0.6 is 11.3 Å². The van der Waals surface area contributed by atoms with Crippen LogP contribution in [0.5, 0.6) is 0 Å². The van der Waals surface area contributed by atoms with Crippen molar-refractivity contribution >= 4 is 32.2 Å². The van der Waals surface area contributed by atoms with Crippen molar-refractivity contribution in [3.05, 3.63) is 69.1 Å². The molecule has 0 spiro atoms. The number of rotatable bonds is 5. The Morgan fingerprint density at radius 3 is 2.58 bits per heavy atom. The number of aromatic nitrogens is 1. The molecule has 134 valence electrons. The highest BCUT2D eigenvalue weighted by Gasteiger charge is 2.19. The van der Waals surface area contributed by atoms with Gasteiger partial charge in [0, 0.05) is 23.1 Å². The van der Waals surface area contributed by atoms with Crippen LogP contribution in [-0.4, -0.2) is 18.3 Å². The highest BCUT2D eigenvalue weighted by molar-refractivity contribution is 7.93. The summed E-state index contributed by atoms with van der Waals surface area (Å²) in [7, 11) is -3.96. The highest BCUT2D eigenvalue weighted by Crippen LogP contribution is 2.28. The molecule has 0 amide bonds. The summed E-state index contributed by atoms with van der Waals surface area (Å²) in [5.41, 5.74) is 3.55. The van der Waals surface area contributed by atoms with E-state index in [0.717, 1.165) is 34.1 Å². The molecule has 0 aliphatic heterocycles. The second-order valence-corrected chi connectivity index (χ2v) is 8.24. The van der Waals surface area contributed by atoms with Crippen molar-refractivity contribution in [2.24, 2.45) is 0 Å². The quantitative estimate of drug-likeness (QED) is 0.522. The summed E-state index contributed by atoms with van der Waals surface area (Å²) in [4.78, 5) is 14.3. The fourth-order valence-corrected chi connectivity index (χ4v) is 4.30. The summed E-state index contributed by atoms with van der Waals surface area (Å²) in [6.45, 7) is 4.01. The fourth-order valence-electron chi connectivity index (χ4n) is 2.29. The van der Waals surface area contributed by atoms with E-state index >= 15 is 0 Å². The Labute approximate surface area is 154 Å². The second-order valence-electron chi connectivity index (χ2n) is 5.70. The lowest BCUT2D eigenvalue weighted by Crippen LogP contribution is -2.13. The Bertz CT molecular complexity index is 1090. The molecule has 0 aliphatic carbocycles. The minimum absolute atomic E-state index is 0.186. The Balaban J connectivity index is 1.87. The molecule has 1 heterocycles. The Kier molecular flexibility index (Phi) is 4.75. The smallest absolute Gasteiger partial charge is 0.258 e. The molecule has 0 aliphatic rings. The summed E-state index contributed by atoms with van der Waals surface area (Å²) < 4.78 is 27.3. The molecule has 1 aromatic heterocycles. The molecule has 7 nitrogen and oxygen atoms in total. The molecule has 0 fully saturated rings. The number of anilines is 1. The van der Waals surface area contributed by atoms with E-state index < -0.39 is 14.9 Å². The van der Waals surface area contributed by atoms with E-state index in [1.807, 2.05) is 32.0 Å². The average Bonchev–Trinajstić information content (AvgIpc) is 3.05. The Morgan fingerprint density at radius 2 is 1.88 bits per heavy atom. The summed E-state index contributed by atoms with van der Waals surface area (Å²) in [6.07, 6.45) is 0. The zero-order chi connectivity index (χ0) is 18.9. The van der Waals surface area contributed by atoms with Crippen molar-refractivity contribution in [1.82, 2.24) is 4.98 Å². The molecular formula is C17H15N3O4S2. The van der Waals surface area contributed by atoms with Crippen molar-refractivity contribution in [1.29, 1.82) is 0 Å². The van der Waals surface area contributed by atoms with Crippen LogP contribution in [0.1, 0.15) is 11.1 Å². The first-order valence-corrected chi connectivity index (χ1v) is 9.93. The summed E-state index contributed by atoms with van der Waals surface area (Å²) >= 11 is 1.15. The average molecular weight is 389 g/mol. The van der Waals surface area contributed by atoms with Gasteiger partial charge in [-0.25, -0.2) is 13.4 Å². The van der Waals surface area contributed by atoms with Gasteiger partial charge in [-0.3, -0.25) is 14.8 Å². The largest absolute Gasteiger partial charge is 0.270 e. The molecular weight excluding hydrogens is 374 g/mol. The van der Waals surface area contributed by atoms with Gasteiger partial charge in [0.15, 0.2) is 5.13 Å². The van der Waals surface area contributed by atoms with Crippen molar-refractivity contribution in [2.75, 3.05) is 4.72 Å². The van der Waals surface area contributed by atoms with Gasteiger partial charge in [0.1, 0.15) is 0 Å². The van der Waals surface area contributed by atoms with E-state index in [0.29, 0.717) is 5.69 Å². The molecule has 1 N–H and O–H groups in total. The minimum Gasteiger partial charge on any atom is -0.258 e. The first kappa shape index (κ1) is 18.0. The second kappa shape index (κ2) is 6.85. The lowest BCUT2D eigenvalue weighted by molar-refractivity contribution is -0.385. The molecule has 3 aromatic rings. The molecule has 9 heteroatoms. The van der Waals surface area contributed by atoms with Gasteiger partial charge in [-0.1, -0.05) is 18.2 Å². The van der Waals surface area contributed by atoms with Crippen molar-refractivity contribution in [3.63, 3.8) is 0 Å². The number of nitro benzene ring substituents is 1. The van der Waals surface area contributed by atoms with E-state index in [-0.39, 0.29) is 15.7 Å². The standard InChI is InChI=1S/C17H15N3O4S2/c1-11-6-7-13(8-12(11)2)16-10-25-17(18-16)19-26(23,24)15-5-3-4-14(9-15)20(21)22/h3-10H,1-2H3,(H,18,19). The number of aryl methyl sites for hydroxylation is 2. The number of thiazole rings is 1. The number of nitrogens with one attached hydrogen (secondary N) is 1. The first-order valence-electron chi connectivity index (χ1n) is 7.57. The van der Waals surface area contributed by atoms with Crippen molar-refractivity contribution in [2.45, 2.75) is 18.7 Å². The van der Waals surface area contributed by atoms with Crippen molar-refractivity contribution in [3.8, 4) is 11.3 Å². The maximum Gasteiger partial charge on any atom is 0.270 e. The molecule has 2 aromatic carbocycles. The van der Waals surface area contributed by atoms with Gasteiger partial charge in [-0.2, -0.15) is 0 Å². The molecule has 0 atom stereocenters. The molecule has 0 unspecified atom stereocenters. The van der Waals surface area contributed by atoms with Gasteiger partial charge < -0.3 is 0 Å². The number of benzene rings is 2. The van der Waals surface area contributed by atoms with Gasteiger partial charge in [0.05, 0.1) is 15.5 Å². The van der Waals surface area contributed by atoms with Gasteiger partial charge >= 0.3 is 0 Å². The van der Waals surface area contributed by atoms with E-state index in [2.05, 4.69) is 9.71 Å². The van der Waals surface area contributed by atoms with Crippen LogP contribution in [-0.2, 0) is 10.0 Å². The topological polar surface area (TPSA) is 102 Å². The van der Waals surface area contributed by atoms with Gasteiger partial charge in [-0.05, 0) is 37.1 Å². The number of non-ortho nitro benzene ring substituents is 1. The van der Waals surface area contributed by atoms with Gasteiger partial charge in [-0.15, -0.1) is 11.3 Å². The van der Waals surface area contributed by atoms with Crippen LogP contribution in [0, 0.1) is 24.0 Å². The molecule has 0 saturated heterocycles. The number of sulfonamides is 1. The monoisotopic (exact) mass is 389 g/mol. The predicted molar refractivity (Wildman–Crippen MR) is 101 cm³/mol. The summed E-state index contributed by atoms with van der Waals surface area (Å²) in [5, 5.41) is 12.8. The zero-order valence-corrected chi connectivity index (χ0v) is 15.6. The van der Waals surface area contributed by atoms with Crippen LogP contribution in [0.4, 0.5) is 10.8 Å². The Morgan fingerprint density at radius 1 is 1.12 bits per heavy atom. The normalized spacial score (nSPS) is 11.3. The fraction of sp³-hybridized carbons (Fsp3) is 0.118. The third-order valence-electron chi connectivity index (χ3n) is 3.87. The van der Waals surface area contributed by atoms with Crippen LogP contribution in [0.15, 0.2) is 52.7 Å². The summed E-state index contributed by atoms with van der Waals surface area (Å²) in [5.74, 6) is 0. The lowest BCUT2D eigenvalue weighted by Gasteiger charge is -2.05. The van der Waals surface area contributed by atoms with Crippen LogP contribution in [0.2, 0.25) is 0 Å². The maximum absolute atomic E-state index is 12.5. The van der Waals surface area contributed by atoms with E-state index in [4.69, 9.17) is 0 Å². The number of hydrogen-bond donors (Lipinski definition) is 1. The Hall–Kier alpha value is -2.78.